The Balaban J connectivity index is 1.40. The van der Waals surface area contributed by atoms with Gasteiger partial charge in [-0.05, 0) is 81.2 Å². The van der Waals surface area contributed by atoms with Crippen molar-refractivity contribution in [3.8, 4) is 22.3 Å². The van der Waals surface area contributed by atoms with Gasteiger partial charge in [0.2, 0.25) is 0 Å². The maximum Gasteiger partial charge on any atom is 0.111 e. The predicted molar refractivity (Wildman–Crippen MR) is 220 cm³/mol. The first-order valence-corrected chi connectivity index (χ1v) is 18.1. The summed E-state index contributed by atoms with van der Waals surface area (Å²) in [7, 11) is 0. The molecule has 1 aromatic heterocycles. The average molecular weight is 671 g/mol. The summed E-state index contributed by atoms with van der Waals surface area (Å²) in [4.78, 5) is 4.89. The lowest BCUT2D eigenvalue weighted by Crippen LogP contribution is -2.09. The summed E-state index contributed by atoms with van der Waals surface area (Å²) in [5, 5.41) is 7.16. The molecular formula is C48H34N2S. The smallest absolute Gasteiger partial charge is 0.111 e. The molecule has 242 valence electrons. The predicted octanol–water partition coefficient (Wildman–Crippen LogP) is 14.3. The van der Waals surface area contributed by atoms with Gasteiger partial charge >= 0.3 is 0 Å². The Morgan fingerprint density at radius 1 is 0.275 bits per heavy atom. The molecule has 0 atom stereocenters. The van der Waals surface area contributed by atoms with Gasteiger partial charge in [0.05, 0.1) is 0 Å². The number of nitrogens with zero attached hydrogens (tertiary/aromatic N) is 2. The van der Waals surface area contributed by atoms with Gasteiger partial charge in [-0.15, -0.1) is 0 Å². The highest BCUT2D eigenvalue weighted by atomic mass is 32.1. The number of rotatable bonds is 8. The quantitative estimate of drug-likeness (QED) is 0.159. The van der Waals surface area contributed by atoms with E-state index in [1.807, 2.05) is 11.3 Å². The molecule has 0 saturated carbocycles. The topological polar surface area (TPSA) is 6.48 Å². The Morgan fingerprint density at radius 3 is 1.00 bits per heavy atom. The first-order valence-electron chi connectivity index (χ1n) is 17.3. The Hall–Kier alpha value is -6.42. The molecule has 0 fully saturated rings. The SMILES string of the molecule is c1ccc(-c2c(N(c3ccccc3)c3ccc4ccccc4c3)sc(N(c3ccccc3)c3ccc4ccccc4c3)c2-c2ccccc2)cc1. The van der Waals surface area contributed by atoms with Crippen molar-refractivity contribution in [2.24, 2.45) is 0 Å². The lowest BCUT2D eigenvalue weighted by molar-refractivity contribution is 1.32. The molecule has 51 heavy (non-hydrogen) atoms. The lowest BCUT2D eigenvalue weighted by atomic mass is 9.96. The van der Waals surface area contributed by atoms with Gasteiger partial charge < -0.3 is 9.80 Å². The maximum absolute atomic E-state index is 2.44. The van der Waals surface area contributed by atoms with Crippen LogP contribution in [0.15, 0.2) is 206 Å². The summed E-state index contributed by atoms with van der Waals surface area (Å²) in [5.74, 6) is 0. The number of para-hydroxylation sites is 2. The molecule has 0 aliphatic heterocycles. The summed E-state index contributed by atoms with van der Waals surface area (Å²) in [5.41, 5.74) is 9.16. The fourth-order valence-electron chi connectivity index (χ4n) is 7.02. The first-order chi connectivity index (χ1) is 25.3. The number of thiophene rings is 1. The van der Waals surface area contributed by atoms with E-state index in [0.717, 1.165) is 32.8 Å². The molecule has 0 aliphatic carbocycles. The summed E-state index contributed by atoms with van der Waals surface area (Å²) in [6.45, 7) is 0. The van der Waals surface area contributed by atoms with E-state index in [4.69, 9.17) is 0 Å². The van der Waals surface area contributed by atoms with Crippen LogP contribution >= 0.6 is 11.3 Å². The number of benzene rings is 8. The van der Waals surface area contributed by atoms with Crippen molar-refractivity contribution in [2.75, 3.05) is 9.80 Å². The van der Waals surface area contributed by atoms with Crippen LogP contribution in [0.1, 0.15) is 0 Å². The van der Waals surface area contributed by atoms with Crippen molar-refractivity contribution in [3.05, 3.63) is 206 Å². The highest BCUT2D eigenvalue weighted by molar-refractivity contribution is 7.21. The zero-order chi connectivity index (χ0) is 34.0. The summed E-state index contributed by atoms with van der Waals surface area (Å²) >= 11 is 1.83. The molecule has 0 bridgehead atoms. The molecule has 0 unspecified atom stereocenters. The summed E-state index contributed by atoms with van der Waals surface area (Å²) in [6, 6.07) is 74.1. The van der Waals surface area contributed by atoms with Gasteiger partial charge in [0.25, 0.3) is 0 Å². The van der Waals surface area contributed by atoms with Gasteiger partial charge in [0.1, 0.15) is 10.0 Å². The van der Waals surface area contributed by atoms with E-state index >= 15 is 0 Å². The normalized spacial score (nSPS) is 11.1. The molecule has 2 nitrogen and oxygen atoms in total. The summed E-state index contributed by atoms with van der Waals surface area (Å²) in [6.07, 6.45) is 0. The van der Waals surface area contributed by atoms with Crippen LogP contribution in [-0.4, -0.2) is 0 Å². The Morgan fingerprint density at radius 2 is 0.608 bits per heavy atom. The molecule has 9 rings (SSSR count). The second-order valence-corrected chi connectivity index (χ2v) is 13.6. The van der Waals surface area contributed by atoms with Gasteiger partial charge in [0, 0.05) is 33.9 Å². The molecule has 0 spiro atoms. The van der Waals surface area contributed by atoms with Crippen molar-refractivity contribution in [3.63, 3.8) is 0 Å². The molecule has 9 aromatic rings. The first kappa shape index (κ1) is 30.6. The molecular weight excluding hydrogens is 637 g/mol. The van der Waals surface area contributed by atoms with Crippen LogP contribution in [0.25, 0.3) is 43.8 Å². The Labute approximate surface area is 302 Å². The van der Waals surface area contributed by atoms with E-state index in [1.165, 1.54) is 43.8 Å². The van der Waals surface area contributed by atoms with Crippen LogP contribution in [-0.2, 0) is 0 Å². The zero-order valence-electron chi connectivity index (χ0n) is 27.9. The van der Waals surface area contributed by atoms with Gasteiger partial charge in [-0.25, -0.2) is 0 Å². The van der Waals surface area contributed by atoms with Gasteiger partial charge in [-0.1, -0.05) is 169 Å². The molecule has 1 heterocycles. The third kappa shape index (κ3) is 5.84. The average Bonchev–Trinajstić information content (AvgIpc) is 3.58. The second kappa shape index (κ2) is 13.5. The maximum atomic E-state index is 2.44. The standard InChI is InChI=1S/C48H34N2S/c1-5-19-37(20-6-1)45-46(38-21-7-2-8-22-38)48(50(42-27-11-4-12-28-42)44-32-30-36-18-14-16-24-40(36)34-44)51-47(45)49(41-25-9-3-10-26-41)43-31-29-35-17-13-15-23-39(35)33-43/h1-34H. The van der Waals surface area contributed by atoms with Crippen molar-refractivity contribution in [1.82, 2.24) is 0 Å². The molecule has 0 saturated heterocycles. The number of fused-ring (bicyclic) bond motifs is 2. The van der Waals surface area contributed by atoms with E-state index < -0.39 is 0 Å². The number of anilines is 6. The second-order valence-electron chi connectivity index (χ2n) is 12.6. The number of hydrogen-bond donors (Lipinski definition) is 0. The van der Waals surface area contributed by atoms with E-state index in [-0.39, 0.29) is 0 Å². The highest BCUT2D eigenvalue weighted by Gasteiger charge is 2.30. The van der Waals surface area contributed by atoms with Crippen LogP contribution in [0.5, 0.6) is 0 Å². The van der Waals surface area contributed by atoms with Crippen molar-refractivity contribution in [1.29, 1.82) is 0 Å². The van der Waals surface area contributed by atoms with E-state index in [9.17, 15) is 0 Å². The van der Waals surface area contributed by atoms with E-state index in [2.05, 4.69) is 216 Å². The van der Waals surface area contributed by atoms with Gasteiger partial charge in [0.15, 0.2) is 0 Å². The minimum atomic E-state index is 1.11. The highest BCUT2D eigenvalue weighted by Crippen LogP contribution is 2.58. The third-order valence-electron chi connectivity index (χ3n) is 9.41. The van der Waals surface area contributed by atoms with Gasteiger partial charge in [-0.3, -0.25) is 0 Å². The van der Waals surface area contributed by atoms with Crippen molar-refractivity contribution in [2.45, 2.75) is 0 Å². The summed E-state index contributed by atoms with van der Waals surface area (Å²) < 4.78 is 0. The molecule has 0 N–H and O–H groups in total. The van der Waals surface area contributed by atoms with Crippen molar-refractivity contribution >= 4 is 65.6 Å². The third-order valence-corrected chi connectivity index (χ3v) is 10.6. The monoisotopic (exact) mass is 670 g/mol. The van der Waals surface area contributed by atoms with Crippen LogP contribution in [0.2, 0.25) is 0 Å². The molecule has 0 amide bonds. The minimum absolute atomic E-state index is 1.11. The lowest BCUT2D eigenvalue weighted by Gasteiger charge is -2.26. The molecule has 8 aromatic carbocycles. The molecule has 3 heteroatoms. The van der Waals surface area contributed by atoms with E-state index in [1.54, 1.807) is 0 Å². The van der Waals surface area contributed by atoms with Crippen LogP contribution in [0, 0.1) is 0 Å². The minimum Gasteiger partial charge on any atom is -0.301 e. The van der Waals surface area contributed by atoms with Crippen molar-refractivity contribution < 1.29 is 0 Å². The van der Waals surface area contributed by atoms with Gasteiger partial charge in [-0.2, -0.15) is 0 Å². The van der Waals surface area contributed by atoms with Crippen LogP contribution in [0.4, 0.5) is 32.8 Å². The van der Waals surface area contributed by atoms with E-state index in [0.29, 0.717) is 0 Å². The largest absolute Gasteiger partial charge is 0.301 e. The molecule has 0 aliphatic rings. The molecule has 0 radical (unpaired) electrons. The number of hydrogen-bond acceptors (Lipinski definition) is 3. The Bertz CT molecular complexity index is 2400. The fraction of sp³-hybridized carbons (Fsp3) is 0. The van der Waals surface area contributed by atoms with Crippen LogP contribution in [0.3, 0.4) is 0 Å². The van der Waals surface area contributed by atoms with Crippen LogP contribution < -0.4 is 9.80 Å². The Kier molecular flexibility index (Phi) is 8.09. The zero-order valence-corrected chi connectivity index (χ0v) is 28.7. The fourth-order valence-corrected chi connectivity index (χ4v) is 8.45.